The molecule has 0 saturated heterocycles. The van der Waals surface area contributed by atoms with E-state index in [2.05, 4.69) is 18.0 Å². The van der Waals surface area contributed by atoms with Crippen molar-refractivity contribution >= 4 is 17.7 Å². The quantitative estimate of drug-likeness (QED) is 0.620. The van der Waals surface area contributed by atoms with Crippen LogP contribution in [0.1, 0.15) is 11.1 Å². The maximum atomic E-state index is 11.9. The lowest BCUT2D eigenvalue weighted by Crippen LogP contribution is -2.07. The summed E-state index contributed by atoms with van der Waals surface area (Å²) in [7, 11) is 0. The summed E-state index contributed by atoms with van der Waals surface area (Å²) >= 11 is 0. The van der Waals surface area contributed by atoms with Crippen molar-refractivity contribution in [2.24, 2.45) is 0 Å². The second-order valence-corrected chi connectivity index (χ2v) is 5.02. The Balaban J connectivity index is 1.90. The number of carbonyl (C=O) groups is 1. The summed E-state index contributed by atoms with van der Waals surface area (Å²) in [6, 6.07) is 16.7. The molecule has 0 radical (unpaired) electrons. The lowest BCUT2D eigenvalue weighted by atomic mass is 10.1. The highest BCUT2D eigenvalue weighted by Crippen LogP contribution is 2.14. The van der Waals surface area contributed by atoms with E-state index in [4.69, 9.17) is 10.00 Å². The number of rotatable bonds is 7. The summed E-state index contributed by atoms with van der Waals surface area (Å²) in [5.74, 6) is 0.545. The molecule has 0 fully saturated rings. The van der Waals surface area contributed by atoms with Crippen molar-refractivity contribution in [1.82, 2.24) is 0 Å². The average molecular weight is 318 g/mol. The molecule has 2 rings (SSSR count). The minimum absolute atomic E-state index is 0.213. The zero-order chi connectivity index (χ0) is 17.2. The van der Waals surface area contributed by atoms with Gasteiger partial charge in [0.05, 0.1) is 12.5 Å². The number of amides is 1. The van der Waals surface area contributed by atoms with Crippen LogP contribution in [0, 0.1) is 11.3 Å². The third-order valence-electron chi connectivity index (χ3n) is 3.18. The zero-order valence-corrected chi connectivity index (χ0v) is 13.2. The van der Waals surface area contributed by atoms with Gasteiger partial charge in [-0.05, 0) is 41.5 Å². The third-order valence-corrected chi connectivity index (χ3v) is 3.18. The smallest absolute Gasteiger partial charge is 0.248 e. The molecule has 0 aliphatic rings. The summed E-state index contributed by atoms with van der Waals surface area (Å²) < 4.78 is 5.40. The van der Waals surface area contributed by atoms with Gasteiger partial charge in [0.1, 0.15) is 12.4 Å². The first-order valence-corrected chi connectivity index (χ1v) is 7.50. The van der Waals surface area contributed by atoms with Crippen LogP contribution >= 0.6 is 0 Å². The summed E-state index contributed by atoms with van der Waals surface area (Å²) in [6.07, 6.45) is 5.26. The number of benzene rings is 2. The molecular formula is C20H18N2O2. The fourth-order valence-electron chi connectivity index (χ4n) is 1.98. The molecule has 0 aliphatic carbocycles. The lowest BCUT2D eigenvalue weighted by molar-refractivity contribution is -0.111. The van der Waals surface area contributed by atoms with E-state index >= 15 is 0 Å². The van der Waals surface area contributed by atoms with E-state index in [1.165, 1.54) is 6.08 Å². The van der Waals surface area contributed by atoms with E-state index in [-0.39, 0.29) is 5.91 Å². The minimum Gasteiger partial charge on any atom is -0.490 e. The summed E-state index contributed by atoms with van der Waals surface area (Å²) in [5.41, 5.74) is 2.52. The van der Waals surface area contributed by atoms with Crippen molar-refractivity contribution in [2.75, 3.05) is 11.9 Å². The van der Waals surface area contributed by atoms with Gasteiger partial charge in [0.2, 0.25) is 5.91 Å². The molecule has 1 amide bonds. The molecule has 4 nitrogen and oxygen atoms in total. The van der Waals surface area contributed by atoms with E-state index < -0.39 is 0 Å². The Kier molecular flexibility index (Phi) is 6.36. The van der Waals surface area contributed by atoms with E-state index in [0.29, 0.717) is 18.7 Å². The fraction of sp³-hybridized carbons (Fsp3) is 0.100. The van der Waals surface area contributed by atoms with Crippen LogP contribution in [-0.4, -0.2) is 12.5 Å². The molecule has 4 heteroatoms. The molecule has 0 saturated carbocycles. The minimum atomic E-state index is -0.213. The second-order valence-electron chi connectivity index (χ2n) is 5.02. The Morgan fingerprint density at radius 1 is 1.17 bits per heavy atom. The number of ether oxygens (including phenoxy) is 1. The maximum Gasteiger partial charge on any atom is 0.248 e. The van der Waals surface area contributed by atoms with Crippen LogP contribution in [0.15, 0.2) is 67.3 Å². The Morgan fingerprint density at radius 2 is 1.88 bits per heavy atom. The molecule has 2 aromatic carbocycles. The largest absolute Gasteiger partial charge is 0.490 e. The molecule has 24 heavy (non-hydrogen) atoms. The maximum absolute atomic E-state index is 11.9. The first-order chi connectivity index (χ1) is 11.7. The van der Waals surface area contributed by atoms with Crippen molar-refractivity contribution in [3.8, 4) is 11.8 Å². The van der Waals surface area contributed by atoms with Crippen molar-refractivity contribution in [2.45, 2.75) is 6.42 Å². The van der Waals surface area contributed by atoms with Crippen LogP contribution in [0.25, 0.3) is 6.08 Å². The molecule has 1 N–H and O–H groups in total. The first kappa shape index (κ1) is 17.0. The fourth-order valence-corrected chi connectivity index (χ4v) is 1.98. The molecule has 0 aliphatic heterocycles. The predicted octanol–water partition coefficient (Wildman–Crippen LogP) is 3.97. The normalized spacial score (nSPS) is 10.1. The molecule has 0 heterocycles. The SMILES string of the molecule is C=CCOc1ccc(/C=C/C(=O)Nc2ccc(CC#N)cc2)cc1. The molecular weight excluding hydrogens is 300 g/mol. The standard InChI is InChI=1S/C20H18N2O2/c1-2-15-24-19-10-5-16(6-11-19)7-12-20(23)22-18-8-3-17(4-9-18)13-14-21/h2-12H,1,13,15H2,(H,22,23)/b12-7+. The van der Waals surface area contributed by atoms with Crippen molar-refractivity contribution < 1.29 is 9.53 Å². The highest BCUT2D eigenvalue weighted by molar-refractivity contribution is 6.01. The molecule has 0 bridgehead atoms. The van der Waals surface area contributed by atoms with Crippen LogP contribution in [0.4, 0.5) is 5.69 Å². The van der Waals surface area contributed by atoms with Gasteiger partial charge < -0.3 is 10.1 Å². The molecule has 0 unspecified atom stereocenters. The number of hydrogen-bond acceptors (Lipinski definition) is 3. The van der Waals surface area contributed by atoms with Crippen LogP contribution in [0.2, 0.25) is 0 Å². The van der Waals surface area contributed by atoms with Gasteiger partial charge in [-0.25, -0.2) is 0 Å². The molecule has 120 valence electrons. The van der Waals surface area contributed by atoms with Crippen LogP contribution in [0.3, 0.4) is 0 Å². The number of nitrogens with zero attached hydrogens (tertiary/aromatic N) is 1. The molecule has 0 aromatic heterocycles. The van der Waals surface area contributed by atoms with Gasteiger partial charge in [-0.2, -0.15) is 5.26 Å². The van der Waals surface area contributed by atoms with Crippen molar-refractivity contribution in [3.63, 3.8) is 0 Å². The summed E-state index contributed by atoms with van der Waals surface area (Å²) in [6.45, 7) is 4.06. The topological polar surface area (TPSA) is 62.1 Å². The number of hydrogen-bond donors (Lipinski definition) is 1. The van der Waals surface area contributed by atoms with Gasteiger partial charge in [-0.3, -0.25) is 4.79 Å². The molecule has 0 spiro atoms. The summed E-state index contributed by atoms with van der Waals surface area (Å²) in [5, 5.41) is 11.4. The highest BCUT2D eigenvalue weighted by atomic mass is 16.5. The zero-order valence-electron chi connectivity index (χ0n) is 13.2. The van der Waals surface area contributed by atoms with Gasteiger partial charge in [0.15, 0.2) is 0 Å². The molecule has 2 aromatic rings. The van der Waals surface area contributed by atoms with Crippen LogP contribution in [0.5, 0.6) is 5.75 Å². The highest BCUT2D eigenvalue weighted by Gasteiger charge is 1.99. The van der Waals surface area contributed by atoms with Gasteiger partial charge in [0, 0.05) is 11.8 Å². The Morgan fingerprint density at radius 3 is 2.50 bits per heavy atom. The Hall–Kier alpha value is -3.32. The van der Waals surface area contributed by atoms with Gasteiger partial charge in [-0.15, -0.1) is 0 Å². The summed E-state index contributed by atoms with van der Waals surface area (Å²) in [4.78, 5) is 11.9. The number of anilines is 1. The van der Waals surface area contributed by atoms with E-state index in [9.17, 15) is 4.79 Å². The number of nitriles is 1. The van der Waals surface area contributed by atoms with Gasteiger partial charge in [-0.1, -0.05) is 36.9 Å². The van der Waals surface area contributed by atoms with Crippen molar-refractivity contribution in [1.29, 1.82) is 5.26 Å². The van der Waals surface area contributed by atoms with E-state index in [0.717, 1.165) is 16.9 Å². The van der Waals surface area contributed by atoms with Crippen LogP contribution in [-0.2, 0) is 11.2 Å². The third kappa shape index (κ3) is 5.47. The monoisotopic (exact) mass is 318 g/mol. The van der Waals surface area contributed by atoms with Gasteiger partial charge >= 0.3 is 0 Å². The average Bonchev–Trinajstić information content (AvgIpc) is 2.61. The predicted molar refractivity (Wildman–Crippen MR) is 95.6 cm³/mol. The van der Waals surface area contributed by atoms with E-state index in [1.807, 2.05) is 36.4 Å². The lowest BCUT2D eigenvalue weighted by Gasteiger charge is -2.04. The van der Waals surface area contributed by atoms with Crippen LogP contribution < -0.4 is 10.1 Å². The number of nitrogens with one attached hydrogen (secondary N) is 1. The molecule has 0 atom stereocenters. The van der Waals surface area contributed by atoms with E-state index in [1.54, 1.807) is 24.3 Å². The van der Waals surface area contributed by atoms with Gasteiger partial charge in [0.25, 0.3) is 0 Å². The second kappa shape index (κ2) is 8.96. The van der Waals surface area contributed by atoms with Crippen molar-refractivity contribution in [3.05, 3.63) is 78.4 Å². The Bertz CT molecular complexity index is 754. The first-order valence-electron chi connectivity index (χ1n) is 7.50. The number of carbonyl (C=O) groups excluding carboxylic acids is 1. The Labute approximate surface area is 141 Å².